The Bertz CT molecular complexity index is 746. The van der Waals surface area contributed by atoms with Gasteiger partial charge in [0.2, 0.25) is 0 Å². The number of hydrogen-bond acceptors (Lipinski definition) is 3. The van der Waals surface area contributed by atoms with Crippen molar-refractivity contribution in [2.45, 2.75) is 34.1 Å². The zero-order valence-electron chi connectivity index (χ0n) is 14.6. The Balaban J connectivity index is 1.86. The molecule has 1 aliphatic carbocycles. The molecule has 0 N–H and O–H groups in total. The molecule has 0 amide bonds. The van der Waals surface area contributed by atoms with Crippen LogP contribution in [-0.2, 0) is 11.2 Å². The van der Waals surface area contributed by atoms with Crippen molar-refractivity contribution in [1.29, 1.82) is 0 Å². The third-order valence-electron chi connectivity index (χ3n) is 6.33. The zero-order valence-corrected chi connectivity index (χ0v) is 14.6. The average molecular weight is 323 g/mol. The highest BCUT2D eigenvalue weighted by Gasteiger charge is 2.77. The molecule has 1 aliphatic rings. The van der Waals surface area contributed by atoms with Crippen molar-refractivity contribution in [1.82, 2.24) is 0 Å². The van der Waals surface area contributed by atoms with Crippen molar-refractivity contribution in [3.8, 4) is 11.5 Å². The van der Waals surface area contributed by atoms with E-state index in [-0.39, 0.29) is 10.8 Å². The predicted molar refractivity (Wildman–Crippen MR) is 91.7 cm³/mol. The Morgan fingerprint density at radius 1 is 0.917 bits per heavy atom. The summed E-state index contributed by atoms with van der Waals surface area (Å²) >= 11 is 0. The fourth-order valence-electron chi connectivity index (χ4n) is 4.10. The largest absolute Gasteiger partial charge is 0.549 e. The van der Waals surface area contributed by atoms with E-state index >= 15 is 0 Å². The molecule has 1 fully saturated rings. The molecule has 126 valence electrons. The van der Waals surface area contributed by atoms with Crippen molar-refractivity contribution < 1.29 is 14.6 Å². The smallest absolute Gasteiger partial charge is 0.127 e. The molecule has 2 aromatic rings. The SMILES string of the molecule is CC1(C)C(C)(C)C1(Cc1cccc(Oc2ccccc2)c1)C(=O)[O-]. The van der Waals surface area contributed by atoms with Crippen LogP contribution in [0, 0.1) is 16.2 Å². The van der Waals surface area contributed by atoms with Crippen LogP contribution in [0.15, 0.2) is 54.6 Å². The molecule has 0 aliphatic heterocycles. The number of carboxylic acid groups (broad SMARTS) is 1. The highest BCUT2D eigenvalue weighted by molar-refractivity contribution is 5.81. The van der Waals surface area contributed by atoms with Crippen LogP contribution in [0.25, 0.3) is 0 Å². The van der Waals surface area contributed by atoms with Crippen LogP contribution >= 0.6 is 0 Å². The van der Waals surface area contributed by atoms with Crippen LogP contribution in [0.3, 0.4) is 0 Å². The number of aliphatic carboxylic acids is 1. The summed E-state index contributed by atoms with van der Waals surface area (Å²) < 4.78 is 5.86. The minimum absolute atomic E-state index is 0.310. The van der Waals surface area contributed by atoms with Gasteiger partial charge >= 0.3 is 0 Å². The highest BCUT2D eigenvalue weighted by atomic mass is 16.5. The summed E-state index contributed by atoms with van der Waals surface area (Å²) in [7, 11) is 0. The summed E-state index contributed by atoms with van der Waals surface area (Å²) in [4.78, 5) is 12.0. The van der Waals surface area contributed by atoms with E-state index in [9.17, 15) is 9.90 Å². The van der Waals surface area contributed by atoms with Crippen LogP contribution in [0.2, 0.25) is 0 Å². The van der Waals surface area contributed by atoms with Gasteiger partial charge in [0.05, 0.1) is 0 Å². The maximum Gasteiger partial charge on any atom is 0.127 e. The monoisotopic (exact) mass is 323 g/mol. The molecular weight excluding hydrogens is 300 g/mol. The Morgan fingerprint density at radius 2 is 1.50 bits per heavy atom. The molecule has 24 heavy (non-hydrogen) atoms. The van der Waals surface area contributed by atoms with E-state index in [1.54, 1.807) is 0 Å². The van der Waals surface area contributed by atoms with Crippen LogP contribution in [0.4, 0.5) is 0 Å². The molecule has 0 heterocycles. The van der Waals surface area contributed by atoms with Gasteiger partial charge in [0.15, 0.2) is 0 Å². The number of carbonyl (C=O) groups is 1. The van der Waals surface area contributed by atoms with E-state index in [4.69, 9.17) is 4.74 Å². The topological polar surface area (TPSA) is 49.4 Å². The summed E-state index contributed by atoms with van der Waals surface area (Å²) in [5, 5.41) is 12.0. The Kier molecular flexibility index (Phi) is 3.71. The Morgan fingerprint density at radius 3 is 2.04 bits per heavy atom. The van der Waals surface area contributed by atoms with Crippen LogP contribution in [0.5, 0.6) is 11.5 Å². The van der Waals surface area contributed by atoms with E-state index in [1.165, 1.54) is 0 Å². The highest BCUT2D eigenvalue weighted by Crippen LogP contribution is 2.78. The van der Waals surface area contributed by atoms with Crippen molar-refractivity contribution in [2.75, 3.05) is 0 Å². The van der Waals surface area contributed by atoms with Gasteiger partial charge in [0, 0.05) is 11.4 Å². The molecule has 0 radical (unpaired) electrons. The Hall–Kier alpha value is -2.29. The lowest BCUT2D eigenvalue weighted by Gasteiger charge is -2.23. The minimum atomic E-state index is -0.966. The molecular formula is C21H23O3-. The van der Waals surface area contributed by atoms with Gasteiger partial charge in [-0.25, -0.2) is 0 Å². The van der Waals surface area contributed by atoms with Gasteiger partial charge in [-0.1, -0.05) is 58.0 Å². The third kappa shape index (κ3) is 2.22. The molecule has 0 saturated heterocycles. The number of benzene rings is 2. The third-order valence-corrected chi connectivity index (χ3v) is 6.33. The molecule has 2 aromatic carbocycles. The second-order valence-corrected chi connectivity index (χ2v) is 7.68. The van der Waals surface area contributed by atoms with Gasteiger partial charge < -0.3 is 14.6 Å². The van der Waals surface area contributed by atoms with Crippen LogP contribution < -0.4 is 9.84 Å². The quantitative estimate of drug-likeness (QED) is 0.840. The number of carboxylic acids is 1. The summed E-state index contributed by atoms with van der Waals surface area (Å²) in [6.07, 6.45) is 0.446. The number of hydrogen-bond donors (Lipinski definition) is 0. The zero-order chi connectivity index (χ0) is 17.6. The molecule has 1 saturated carbocycles. The van der Waals surface area contributed by atoms with Gasteiger partial charge in [-0.2, -0.15) is 0 Å². The molecule has 0 unspecified atom stereocenters. The summed E-state index contributed by atoms with van der Waals surface area (Å²) in [6.45, 7) is 8.03. The van der Waals surface area contributed by atoms with Gasteiger partial charge in [-0.15, -0.1) is 0 Å². The molecule has 3 nitrogen and oxygen atoms in total. The first-order valence-electron chi connectivity index (χ1n) is 8.26. The van der Waals surface area contributed by atoms with Gasteiger partial charge in [-0.3, -0.25) is 0 Å². The number of ether oxygens (including phenoxy) is 1. The number of para-hydroxylation sites is 1. The van der Waals surface area contributed by atoms with E-state index in [0.717, 1.165) is 11.3 Å². The number of carbonyl (C=O) groups excluding carboxylic acids is 1. The maximum atomic E-state index is 12.0. The van der Waals surface area contributed by atoms with Crippen molar-refractivity contribution in [3.63, 3.8) is 0 Å². The van der Waals surface area contributed by atoms with Gasteiger partial charge in [-0.05, 0) is 47.1 Å². The summed E-state index contributed by atoms with van der Waals surface area (Å²) in [6, 6.07) is 17.2. The molecule has 0 aromatic heterocycles. The lowest BCUT2D eigenvalue weighted by atomic mass is 9.87. The standard InChI is InChI=1S/C21H24O3/c1-19(2)20(3,4)21(19,18(22)23)14-15-9-8-12-17(13-15)24-16-10-6-5-7-11-16/h5-13H,14H2,1-4H3,(H,22,23)/p-1. The van der Waals surface area contributed by atoms with Gasteiger partial charge in [0.25, 0.3) is 0 Å². The Labute approximate surface area is 143 Å². The summed E-state index contributed by atoms with van der Waals surface area (Å²) in [5.74, 6) is 0.506. The molecule has 3 rings (SSSR count). The van der Waals surface area contributed by atoms with Crippen molar-refractivity contribution in [2.24, 2.45) is 16.2 Å². The van der Waals surface area contributed by atoms with E-state index in [2.05, 4.69) is 0 Å². The predicted octanol–water partition coefficient (Wildman–Crippen LogP) is 3.82. The van der Waals surface area contributed by atoms with Gasteiger partial charge in [0.1, 0.15) is 11.5 Å². The number of rotatable bonds is 5. The van der Waals surface area contributed by atoms with E-state index in [0.29, 0.717) is 12.2 Å². The lowest BCUT2D eigenvalue weighted by Crippen LogP contribution is -2.38. The van der Waals surface area contributed by atoms with E-state index < -0.39 is 11.4 Å². The maximum absolute atomic E-state index is 12.0. The molecule has 3 heteroatoms. The molecule has 0 spiro atoms. The fourth-order valence-corrected chi connectivity index (χ4v) is 4.10. The normalized spacial score (nSPS) is 19.5. The molecule has 0 bridgehead atoms. The molecule has 0 atom stereocenters. The second-order valence-electron chi connectivity index (χ2n) is 7.68. The van der Waals surface area contributed by atoms with Crippen molar-refractivity contribution in [3.05, 3.63) is 60.2 Å². The first-order valence-corrected chi connectivity index (χ1v) is 8.26. The average Bonchev–Trinajstić information content (AvgIpc) is 2.87. The first kappa shape index (κ1) is 16.6. The van der Waals surface area contributed by atoms with Crippen LogP contribution in [-0.4, -0.2) is 5.97 Å². The van der Waals surface area contributed by atoms with Crippen LogP contribution in [0.1, 0.15) is 33.3 Å². The second kappa shape index (κ2) is 5.37. The first-order chi connectivity index (χ1) is 11.2. The minimum Gasteiger partial charge on any atom is -0.549 e. The van der Waals surface area contributed by atoms with E-state index in [1.807, 2.05) is 82.3 Å². The fraction of sp³-hybridized carbons (Fsp3) is 0.381. The summed E-state index contributed by atoms with van der Waals surface area (Å²) in [5.41, 5.74) is -0.526. The lowest BCUT2D eigenvalue weighted by molar-refractivity contribution is -0.316. The van der Waals surface area contributed by atoms with Crippen molar-refractivity contribution >= 4 is 5.97 Å².